The first kappa shape index (κ1) is 8.59. The summed E-state index contributed by atoms with van der Waals surface area (Å²) in [5, 5.41) is 0. The van der Waals surface area contributed by atoms with Gasteiger partial charge in [0.1, 0.15) is 0 Å². The summed E-state index contributed by atoms with van der Waals surface area (Å²) in [5.74, 6) is 2.50. The van der Waals surface area contributed by atoms with Gasteiger partial charge in [-0.3, -0.25) is 4.57 Å². The zero-order chi connectivity index (χ0) is 8.32. The summed E-state index contributed by atoms with van der Waals surface area (Å²) in [6.07, 6.45) is 9.00. The fraction of sp³-hybridized carbons (Fsp3) is 0.500. The molecule has 1 rings (SSSR count). The van der Waals surface area contributed by atoms with E-state index in [4.69, 9.17) is 10.9 Å². The molecule has 1 unspecified atom stereocenters. The van der Waals surface area contributed by atoms with Crippen LogP contribution < -0.4 is 0 Å². The molecular formula is C8H11O2P. The van der Waals surface area contributed by atoms with Crippen molar-refractivity contribution < 1.29 is 9.09 Å². The van der Waals surface area contributed by atoms with Gasteiger partial charge in [0.2, 0.25) is 7.37 Å². The van der Waals surface area contributed by atoms with Crippen LogP contribution in [0.3, 0.4) is 0 Å². The summed E-state index contributed by atoms with van der Waals surface area (Å²) in [6, 6.07) is 0. The lowest BCUT2D eigenvalue weighted by Gasteiger charge is -2.18. The monoisotopic (exact) mass is 170 g/mol. The van der Waals surface area contributed by atoms with Crippen LogP contribution in [-0.4, -0.2) is 19.4 Å². The Labute approximate surface area is 67.1 Å². The van der Waals surface area contributed by atoms with Crippen molar-refractivity contribution in [3.05, 3.63) is 11.6 Å². The van der Waals surface area contributed by atoms with Crippen LogP contribution in [-0.2, 0) is 9.09 Å². The Kier molecular flexibility index (Phi) is 2.54. The highest BCUT2D eigenvalue weighted by Gasteiger charge is 2.24. The Morgan fingerprint density at radius 2 is 2.55 bits per heavy atom. The maximum atomic E-state index is 11.6. The van der Waals surface area contributed by atoms with E-state index >= 15 is 0 Å². The van der Waals surface area contributed by atoms with E-state index < -0.39 is 7.37 Å². The van der Waals surface area contributed by atoms with Crippen LogP contribution in [0.5, 0.6) is 0 Å². The molecule has 0 saturated carbocycles. The van der Waals surface area contributed by atoms with E-state index in [1.54, 1.807) is 0 Å². The predicted octanol–water partition coefficient (Wildman–Crippen LogP) is 1.87. The number of hydrogen-bond acceptors (Lipinski definition) is 2. The summed E-state index contributed by atoms with van der Waals surface area (Å²) in [7, 11) is -0.891. The molecule has 0 aliphatic carbocycles. The lowest BCUT2D eigenvalue weighted by atomic mass is 10.2. The summed E-state index contributed by atoms with van der Waals surface area (Å²) in [5.41, 5.74) is 0.821. The molecule has 0 amide bonds. The fourth-order valence-corrected chi connectivity index (χ4v) is 2.83. The minimum atomic E-state index is -2.38. The lowest BCUT2D eigenvalue weighted by molar-refractivity contribution is 0.394. The minimum Gasteiger partial charge on any atom is -0.332 e. The molecule has 0 fully saturated rings. The van der Waals surface area contributed by atoms with E-state index in [9.17, 15) is 4.57 Å². The van der Waals surface area contributed by atoms with Gasteiger partial charge < -0.3 is 4.52 Å². The summed E-state index contributed by atoms with van der Waals surface area (Å²) >= 11 is 0. The molecule has 2 nitrogen and oxygen atoms in total. The van der Waals surface area contributed by atoms with Crippen LogP contribution in [0.2, 0.25) is 0 Å². The zero-order valence-corrected chi connectivity index (χ0v) is 7.43. The molecule has 60 valence electrons. The first-order valence-corrected chi connectivity index (χ1v) is 5.49. The van der Waals surface area contributed by atoms with E-state index in [1.807, 2.05) is 6.08 Å². The number of allylic oxidation sites excluding steroid dienone is 2. The quantitative estimate of drug-likeness (QED) is 0.443. The van der Waals surface area contributed by atoms with Crippen molar-refractivity contribution in [2.45, 2.75) is 6.42 Å². The average molecular weight is 170 g/mol. The predicted molar refractivity (Wildman–Crippen MR) is 45.9 cm³/mol. The van der Waals surface area contributed by atoms with E-state index in [0.717, 1.165) is 12.0 Å². The number of terminal acetylenes is 1. The Morgan fingerprint density at radius 1 is 1.82 bits per heavy atom. The zero-order valence-electron chi connectivity index (χ0n) is 6.54. The fourth-order valence-electron chi connectivity index (χ4n) is 1.10. The van der Waals surface area contributed by atoms with Crippen LogP contribution in [0, 0.1) is 12.3 Å². The standard InChI is InChI=1S/C8H11O2P/c1-3-8-5-4-6-11(9,7-8)10-2/h1,5H,4,6-7H2,2H3. The molecule has 0 aromatic carbocycles. The smallest absolute Gasteiger partial charge is 0.208 e. The Balaban J connectivity index is 2.77. The second kappa shape index (κ2) is 3.26. The molecule has 0 radical (unpaired) electrons. The second-order valence-corrected chi connectivity index (χ2v) is 5.30. The number of hydrogen-bond donors (Lipinski definition) is 0. The number of rotatable bonds is 1. The highest BCUT2D eigenvalue weighted by Crippen LogP contribution is 2.50. The molecule has 3 heteroatoms. The molecule has 1 aliphatic heterocycles. The van der Waals surface area contributed by atoms with E-state index in [-0.39, 0.29) is 0 Å². The SMILES string of the molecule is C#CC1=CCCP(=O)(OC)C1. The van der Waals surface area contributed by atoms with E-state index in [0.29, 0.717) is 12.3 Å². The third-order valence-corrected chi connectivity index (χ3v) is 4.22. The molecule has 0 aromatic heterocycles. The normalized spacial score (nSPS) is 30.7. The summed E-state index contributed by atoms with van der Waals surface area (Å²) < 4.78 is 16.5. The van der Waals surface area contributed by atoms with Crippen LogP contribution in [0.15, 0.2) is 11.6 Å². The molecule has 0 saturated heterocycles. The minimum absolute atomic E-state index is 0.444. The topological polar surface area (TPSA) is 26.3 Å². The lowest BCUT2D eigenvalue weighted by Crippen LogP contribution is -2.04. The van der Waals surface area contributed by atoms with Gasteiger partial charge in [-0.1, -0.05) is 12.0 Å². The largest absolute Gasteiger partial charge is 0.332 e. The van der Waals surface area contributed by atoms with Crippen molar-refractivity contribution in [3.63, 3.8) is 0 Å². The van der Waals surface area contributed by atoms with Crippen molar-refractivity contribution in [3.8, 4) is 12.3 Å². The Bertz CT molecular complexity index is 260. The van der Waals surface area contributed by atoms with Crippen LogP contribution in [0.4, 0.5) is 0 Å². The van der Waals surface area contributed by atoms with Gasteiger partial charge >= 0.3 is 0 Å². The van der Waals surface area contributed by atoms with E-state index in [1.165, 1.54) is 7.11 Å². The molecule has 0 spiro atoms. The van der Waals surface area contributed by atoms with Crippen molar-refractivity contribution in [2.75, 3.05) is 19.4 Å². The van der Waals surface area contributed by atoms with Crippen molar-refractivity contribution >= 4 is 7.37 Å². The molecule has 1 heterocycles. The molecular weight excluding hydrogens is 159 g/mol. The molecule has 11 heavy (non-hydrogen) atoms. The molecule has 0 bridgehead atoms. The van der Waals surface area contributed by atoms with E-state index in [2.05, 4.69) is 5.92 Å². The van der Waals surface area contributed by atoms with Crippen molar-refractivity contribution in [2.24, 2.45) is 0 Å². The molecule has 1 atom stereocenters. The second-order valence-electron chi connectivity index (χ2n) is 2.54. The highest BCUT2D eigenvalue weighted by atomic mass is 31.2. The highest BCUT2D eigenvalue weighted by molar-refractivity contribution is 7.59. The maximum Gasteiger partial charge on any atom is 0.208 e. The Hall–Kier alpha value is -0.510. The van der Waals surface area contributed by atoms with Gasteiger partial charge in [0.25, 0.3) is 0 Å². The van der Waals surface area contributed by atoms with Crippen molar-refractivity contribution in [1.82, 2.24) is 0 Å². The van der Waals surface area contributed by atoms with Gasteiger partial charge in [0.15, 0.2) is 0 Å². The van der Waals surface area contributed by atoms with Crippen LogP contribution in [0.25, 0.3) is 0 Å². The summed E-state index contributed by atoms with van der Waals surface area (Å²) in [4.78, 5) is 0. The average Bonchev–Trinajstić information content (AvgIpc) is 2.05. The first-order chi connectivity index (χ1) is 5.20. The molecule has 1 aliphatic rings. The van der Waals surface area contributed by atoms with Crippen molar-refractivity contribution in [1.29, 1.82) is 0 Å². The van der Waals surface area contributed by atoms with Gasteiger partial charge in [0.05, 0.1) is 6.16 Å². The summed E-state index contributed by atoms with van der Waals surface area (Å²) in [6.45, 7) is 0. The van der Waals surface area contributed by atoms with Gasteiger partial charge in [-0.15, -0.1) is 6.42 Å². The molecule has 0 aromatic rings. The maximum absolute atomic E-state index is 11.6. The van der Waals surface area contributed by atoms with Gasteiger partial charge in [-0.25, -0.2) is 0 Å². The first-order valence-electron chi connectivity index (χ1n) is 3.50. The van der Waals surface area contributed by atoms with Gasteiger partial charge in [-0.2, -0.15) is 0 Å². The van der Waals surface area contributed by atoms with Gasteiger partial charge in [-0.05, 0) is 6.42 Å². The third-order valence-electron chi connectivity index (χ3n) is 1.79. The van der Waals surface area contributed by atoms with Crippen LogP contribution in [0.1, 0.15) is 6.42 Å². The van der Waals surface area contributed by atoms with Crippen LogP contribution >= 0.6 is 7.37 Å². The molecule has 0 N–H and O–H groups in total. The van der Waals surface area contributed by atoms with Gasteiger partial charge in [0, 0.05) is 18.8 Å². The third kappa shape index (κ3) is 1.96. The Morgan fingerprint density at radius 3 is 3.09 bits per heavy atom.